The van der Waals surface area contributed by atoms with Crippen LogP contribution in [0.25, 0.3) is 0 Å². The highest BCUT2D eigenvalue weighted by Crippen LogP contribution is 2.17. The van der Waals surface area contributed by atoms with Gasteiger partial charge < -0.3 is 10.6 Å². The maximum Gasteiger partial charge on any atom is 0.328 e. The minimum atomic E-state index is -4.00. The number of carbonyl (C=O) groups excluding carboxylic acids is 2. The molecule has 0 radical (unpaired) electrons. The number of urea groups is 1. The van der Waals surface area contributed by atoms with Gasteiger partial charge in [0.25, 0.3) is 15.9 Å². The number of nitrogens with zero attached hydrogens (tertiary/aromatic N) is 1. The van der Waals surface area contributed by atoms with Gasteiger partial charge in [0, 0.05) is 24.7 Å². The number of carbonyl (C=O) groups is 2. The molecule has 0 aromatic heterocycles. The summed E-state index contributed by atoms with van der Waals surface area (Å²) in [7, 11) is -4.00. The van der Waals surface area contributed by atoms with E-state index in [1.54, 1.807) is 19.1 Å². The summed E-state index contributed by atoms with van der Waals surface area (Å²) in [6, 6.07) is 7.92. The molecule has 0 saturated heterocycles. The zero-order chi connectivity index (χ0) is 22.3. The SMILES string of the molecule is Cc1cccc(S(=O)(=O)NC(=O)NCCCNC(=O)c2ccc([N+](=O)[O-])c(F)c2)c1. The lowest BCUT2D eigenvalue weighted by Gasteiger charge is -2.09. The third-order valence-electron chi connectivity index (χ3n) is 3.86. The molecular weight excluding hydrogens is 419 g/mol. The number of nitro groups is 1. The van der Waals surface area contributed by atoms with Crippen LogP contribution in [0.15, 0.2) is 47.4 Å². The van der Waals surface area contributed by atoms with Crippen LogP contribution in [0.1, 0.15) is 22.3 Å². The van der Waals surface area contributed by atoms with Crippen molar-refractivity contribution < 1.29 is 27.3 Å². The Kier molecular flexibility index (Phi) is 7.42. The van der Waals surface area contributed by atoms with Crippen molar-refractivity contribution in [2.24, 2.45) is 0 Å². The van der Waals surface area contributed by atoms with Crippen molar-refractivity contribution in [1.82, 2.24) is 15.4 Å². The van der Waals surface area contributed by atoms with Crippen LogP contribution < -0.4 is 15.4 Å². The quantitative estimate of drug-likeness (QED) is 0.325. The molecule has 2 rings (SSSR count). The molecule has 3 amide bonds. The van der Waals surface area contributed by atoms with Gasteiger partial charge in [-0.1, -0.05) is 12.1 Å². The molecule has 0 heterocycles. The predicted octanol–water partition coefficient (Wildman–Crippen LogP) is 1.85. The second-order valence-electron chi connectivity index (χ2n) is 6.21. The van der Waals surface area contributed by atoms with Crippen LogP contribution in [0.4, 0.5) is 14.9 Å². The topological polar surface area (TPSA) is 148 Å². The Balaban J connectivity index is 1.76. The van der Waals surface area contributed by atoms with Gasteiger partial charge in [0.1, 0.15) is 0 Å². The van der Waals surface area contributed by atoms with E-state index in [-0.39, 0.29) is 30.0 Å². The number of benzene rings is 2. The van der Waals surface area contributed by atoms with Crippen LogP contribution in [0, 0.1) is 22.9 Å². The fourth-order valence-corrected chi connectivity index (χ4v) is 3.42. The van der Waals surface area contributed by atoms with Gasteiger partial charge in [0.2, 0.25) is 5.82 Å². The highest BCUT2D eigenvalue weighted by Gasteiger charge is 2.18. The molecule has 0 saturated carbocycles. The molecule has 0 aliphatic rings. The molecule has 0 atom stereocenters. The smallest absolute Gasteiger partial charge is 0.328 e. The van der Waals surface area contributed by atoms with E-state index in [9.17, 15) is 32.5 Å². The van der Waals surface area contributed by atoms with Crippen molar-refractivity contribution in [1.29, 1.82) is 0 Å². The normalized spacial score (nSPS) is 10.9. The second-order valence-corrected chi connectivity index (χ2v) is 7.89. The van der Waals surface area contributed by atoms with Crippen LogP contribution in [-0.4, -0.2) is 38.4 Å². The second kappa shape index (κ2) is 9.78. The van der Waals surface area contributed by atoms with Crippen LogP contribution in [0.5, 0.6) is 0 Å². The number of nitrogens with one attached hydrogen (secondary N) is 3. The average Bonchev–Trinajstić information content (AvgIpc) is 2.66. The number of hydrogen-bond donors (Lipinski definition) is 3. The van der Waals surface area contributed by atoms with Crippen molar-refractivity contribution >= 4 is 27.6 Å². The lowest BCUT2D eigenvalue weighted by molar-refractivity contribution is -0.387. The number of hydrogen-bond acceptors (Lipinski definition) is 6. The Morgan fingerprint density at radius 3 is 2.43 bits per heavy atom. The van der Waals surface area contributed by atoms with E-state index in [2.05, 4.69) is 10.6 Å². The van der Waals surface area contributed by atoms with Crippen LogP contribution in [-0.2, 0) is 10.0 Å². The molecular formula is C18H19FN4O6S. The van der Waals surface area contributed by atoms with Crippen LogP contribution >= 0.6 is 0 Å². The van der Waals surface area contributed by atoms with Gasteiger partial charge in [-0.05, 0) is 43.2 Å². The van der Waals surface area contributed by atoms with Crippen molar-refractivity contribution in [2.75, 3.05) is 13.1 Å². The van der Waals surface area contributed by atoms with E-state index >= 15 is 0 Å². The molecule has 2 aromatic carbocycles. The number of halogens is 1. The summed E-state index contributed by atoms with van der Waals surface area (Å²) >= 11 is 0. The Bertz CT molecular complexity index is 1070. The van der Waals surface area contributed by atoms with Gasteiger partial charge >= 0.3 is 11.7 Å². The van der Waals surface area contributed by atoms with Gasteiger partial charge in [0.15, 0.2) is 0 Å². The van der Waals surface area contributed by atoms with Crippen LogP contribution in [0.2, 0.25) is 0 Å². The first-order chi connectivity index (χ1) is 14.1. The summed E-state index contributed by atoms with van der Waals surface area (Å²) in [6.45, 7) is 1.88. The molecule has 0 aliphatic carbocycles. The number of amides is 3. The van der Waals surface area contributed by atoms with Crippen molar-refractivity contribution in [3.63, 3.8) is 0 Å². The minimum Gasteiger partial charge on any atom is -0.352 e. The Labute approximate surface area is 171 Å². The van der Waals surface area contributed by atoms with Gasteiger partial charge in [-0.2, -0.15) is 4.39 Å². The zero-order valence-corrected chi connectivity index (χ0v) is 16.7. The lowest BCUT2D eigenvalue weighted by atomic mass is 10.2. The maximum absolute atomic E-state index is 13.5. The molecule has 0 fully saturated rings. The van der Waals surface area contributed by atoms with Gasteiger partial charge in [0.05, 0.1) is 9.82 Å². The first-order valence-corrected chi connectivity index (χ1v) is 10.2. The summed E-state index contributed by atoms with van der Waals surface area (Å²) < 4.78 is 39.7. The van der Waals surface area contributed by atoms with Gasteiger partial charge in [-0.15, -0.1) is 0 Å². The monoisotopic (exact) mass is 438 g/mol. The Morgan fingerprint density at radius 2 is 1.80 bits per heavy atom. The lowest BCUT2D eigenvalue weighted by Crippen LogP contribution is -2.40. The summed E-state index contributed by atoms with van der Waals surface area (Å²) in [5.74, 6) is -1.77. The van der Waals surface area contributed by atoms with Gasteiger partial charge in [-0.3, -0.25) is 14.9 Å². The maximum atomic E-state index is 13.5. The van der Waals surface area contributed by atoms with E-state index in [1.807, 2.05) is 4.72 Å². The van der Waals surface area contributed by atoms with E-state index in [0.717, 1.165) is 23.8 Å². The Hall–Kier alpha value is -3.54. The third kappa shape index (κ3) is 6.24. The Morgan fingerprint density at radius 1 is 1.10 bits per heavy atom. The van der Waals surface area contributed by atoms with Crippen molar-refractivity contribution in [3.05, 3.63) is 69.5 Å². The highest BCUT2D eigenvalue weighted by atomic mass is 32.2. The summed E-state index contributed by atoms with van der Waals surface area (Å²) in [5.41, 5.74) is -0.0997. The van der Waals surface area contributed by atoms with E-state index in [4.69, 9.17) is 0 Å². The minimum absolute atomic E-state index is 0.0414. The average molecular weight is 438 g/mol. The number of sulfonamides is 1. The summed E-state index contributed by atoms with van der Waals surface area (Å²) in [5, 5.41) is 15.4. The van der Waals surface area contributed by atoms with Crippen molar-refractivity contribution in [3.8, 4) is 0 Å². The first-order valence-electron chi connectivity index (χ1n) is 8.69. The number of aryl methyl sites for hydroxylation is 1. The molecule has 0 spiro atoms. The highest BCUT2D eigenvalue weighted by molar-refractivity contribution is 7.90. The molecule has 0 aliphatic heterocycles. The summed E-state index contributed by atoms with van der Waals surface area (Å²) in [6.07, 6.45) is 0.263. The third-order valence-corrected chi connectivity index (χ3v) is 5.19. The molecule has 160 valence electrons. The van der Waals surface area contributed by atoms with Crippen molar-refractivity contribution in [2.45, 2.75) is 18.2 Å². The molecule has 2 aromatic rings. The predicted molar refractivity (Wildman–Crippen MR) is 105 cm³/mol. The molecule has 0 bridgehead atoms. The zero-order valence-electron chi connectivity index (χ0n) is 15.8. The van der Waals surface area contributed by atoms with E-state index < -0.39 is 38.4 Å². The fraction of sp³-hybridized carbons (Fsp3) is 0.222. The van der Waals surface area contributed by atoms with Gasteiger partial charge in [-0.25, -0.2) is 17.9 Å². The largest absolute Gasteiger partial charge is 0.352 e. The van der Waals surface area contributed by atoms with E-state index in [1.165, 1.54) is 12.1 Å². The molecule has 0 unspecified atom stereocenters. The molecule has 30 heavy (non-hydrogen) atoms. The summed E-state index contributed by atoms with van der Waals surface area (Å²) in [4.78, 5) is 33.3. The number of rotatable bonds is 8. The standard InChI is InChI=1S/C18H19FN4O6S/c1-12-4-2-5-14(10-12)30(28,29)22-18(25)21-9-3-8-20-17(24)13-6-7-16(23(26)27)15(19)11-13/h2,4-7,10-11H,3,8-9H2,1H3,(H,20,24)(H2,21,22,25). The molecule has 12 heteroatoms. The van der Waals surface area contributed by atoms with E-state index in [0.29, 0.717) is 0 Å². The molecule has 10 nitrogen and oxygen atoms in total. The molecule has 3 N–H and O–H groups in total. The first kappa shape index (κ1) is 22.7. The number of nitro benzene ring substituents is 1. The fourth-order valence-electron chi connectivity index (χ4n) is 2.39. The van der Waals surface area contributed by atoms with Crippen LogP contribution in [0.3, 0.4) is 0 Å².